The van der Waals surface area contributed by atoms with Gasteiger partial charge in [-0.3, -0.25) is 4.84 Å². The lowest BCUT2D eigenvalue weighted by Gasteiger charge is -2.15. The summed E-state index contributed by atoms with van der Waals surface area (Å²) in [6.07, 6.45) is -4.29. The highest BCUT2D eigenvalue weighted by atomic mass is 32.2. The van der Waals surface area contributed by atoms with E-state index in [9.17, 15) is 21.6 Å². The molecular formula is C5H8F3NO3S. The third-order valence-electron chi connectivity index (χ3n) is 1.38. The molecule has 1 aliphatic heterocycles. The molecule has 1 heterocycles. The second-order valence-corrected chi connectivity index (χ2v) is 4.44. The van der Waals surface area contributed by atoms with Crippen LogP contribution in [0.4, 0.5) is 13.2 Å². The first-order chi connectivity index (χ1) is 5.81. The Morgan fingerprint density at radius 3 is 2.38 bits per heavy atom. The SMILES string of the molecule is O=S(=O)(CC(F)(F)F)N1CCCO1. The fraction of sp³-hybridized carbons (Fsp3) is 1.00. The zero-order valence-corrected chi connectivity index (χ0v) is 7.36. The van der Waals surface area contributed by atoms with Gasteiger partial charge in [-0.05, 0) is 6.42 Å². The van der Waals surface area contributed by atoms with Gasteiger partial charge in [0.05, 0.1) is 6.61 Å². The van der Waals surface area contributed by atoms with Crippen LogP contribution in [-0.4, -0.2) is 38.0 Å². The van der Waals surface area contributed by atoms with Gasteiger partial charge in [-0.2, -0.15) is 13.2 Å². The molecule has 0 N–H and O–H groups in total. The molecule has 4 nitrogen and oxygen atoms in total. The Morgan fingerprint density at radius 1 is 1.38 bits per heavy atom. The summed E-state index contributed by atoms with van der Waals surface area (Å²) in [6.45, 7) is 0.148. The van der Waals surface area contributed by atoms with Gasteiger partial charge in [0, 0.05) is 6.54 Å². The maximum atomic E-state index is 11.7. The Kier molecular flexibility index (Phi) is 2.83. The summed E-state index contributed by atoms with van der Waals surface area (Å²) in [6, 6.07) is 0. The lowest BCUT2D eigenvalue weighted by molar-refractivity contribution is -0.110. The van der Waals surface area contributed by atoms with Crippen LogP contribution in [0.3, 0.4) is 0 Å². The summed E-state index contributed by atoms with van der Waals surface area (Å²) in [5.41, 5.74) is 0. The van der Waals surface area contributed by atoms with Gasteiger partial charge in [-0.15, -0.1) is 0 Å². The fourth-order valence-electron chi connectivity index (χ4n) is 0.923. The van der Waals surface area contributed by atoms with Crippen molar-refractivity contribution in [2.24, 2.45) is 0 Å². The first-order valence-corrected chi connectivity index (χ1v) is 5.12. The number of hydrogen-bond donors (Lipinski definition) is 0. The van der Waals surface area contributed by atoms with Crippen molar-refractivity contribution in [2.75, 3.05) is 18.9 Å². The molecule has 8 heteroatoms. The van der Waals surface area contributed by atoms with Crippen LogP contribution in [0, 0.1) is 0 Å². The summed E-state index contributed by atoms with van der Waals surface area (Å²) in [5, 5.41) is 0. The van der Waals surface area contributed by atoms with Crippen LogP contribution in [0.25, 0.3) is 0 Å². The molecular weight excluding hydrogens is 211 g/mol. The molecule has 0 amide bonds. The van der Waals surface area contributed by atoms with Crippen LogP contribution in [-0.2, 0) is 14.9 Å². The van der Waals surface area contributed by atoms with Crippen LogP contribution < -0.4 is 0 Å². The maximum Gasteiger partial charge on any atom is 0.404 e. The Morgan fingerprint density at radius 2 is 2.00 bits per heavy atom. The van der Waals surface area contributed by atoms with Crippen molar-refractivity contribution < 1.29 is 26.4 Å². The average molecular weight is 219 g/mol. The average Bonchev–Trinajstić information content (AvgIpc) is 2.29. The highest BCUT2D eigenvalue weighted by molar-refractivity contribution is 7.89. The normalized spacial score (nSPS) is 20.8. The molecule has 1 rings (SSSR count). The van der Waals surface area contributed by atoms with Crippen molar-refractivity contribution >= 4 is 10.0 Å². The van der Waals surface area contributed by atoms with E-state index in [2.05, 4.69) is 4.84 Å². The molecule has 78 valence electrons. The molecule has 1 fully saturated rings. The van der Waals surface area contributed by atoms with E-state index < -0.39 is 22.0 Å². The Labute approximate surface area is 73.3 Å². The molecule has 0 unspecified atom stereocenters. The van der Waals surface area contributed by atoms with Gasteiger partial charge in [0.25, 0.3) is 0 Å². The third kappa shape index (κ3) is 3.12. The summed E-state index contributed by atoms with van der Waals surface area (Å²) < 4.78 is 57.5. The second-order valence-electron chi connectivity index (χ2n) is 2.58. The summed E-state index contributed by atoms with van der Waals surface area (Å²) >= 11 is 0. The molecule has 0 aromatic heterocycles. The first kappa shape index (κ1) is 10.7. The topological polar surface area (TPSA) is 46.6 Å². The minimum absolute atomic E-state index is 0.00157. The van der Waals surface area contributed by atoms with Crippen molar-refractivity contribution in [3.8, 4) is 0 Å². The van der Waals surface area contributed by atoms with Crippen molar-refractivity contribution in [3.05, 3.63) is 0 Å². The van der Waals surface area contributed by atoms with E-state index in [-0.39, 0.29) is 13.2 Å². The predicted molar refractivity (Wildman–Crippen MR) is 37.1 cm³/mol. The number of alkyl halides is 3. The lowest BCUT2D eigenvalue weighted by atomic mass is 10.5. The Bertz CT molecular complexity index is 267. The van der Waals surface area contributed by atoms with Crippen molar-refractivity contribution in [2.45, 2.75) is 12.6 Å². The summed E-state index contributed by atoms with van der Waals surface area (Å²) in [5.74, 6) is -1.86. The lowest BCUT2D eigenvalue weighted by Crippen LogP contribution is -2.35. The van der Waals surface area contributed by atoms with E-state index in [4.69, 9.17) is 0 Å². The molecule has 0 aromatic carbocycles. The molecule has 0 atom stereocenters. The van der Waals surface area contributed by atoms with Crippen LogP contribution in [0.1, 0.15) is 6.42 Å². The minimum Gasteiger partial charge on any atom is -0.284 e. The Balaban J connectivity index is 2.66. The van der Waals surface area contributed by atoms with Gasteiger partial charge in [0.2, 0.25) is 10.0 Å². The molecule has 13 heavy (non-hydrogen) atoms. The van der Waals surface area contributed by atoms with Gasteiger partial charge in [-0.1, -0.05) is 4.47 Å². The van der Waals surface area contributed by atoms with Crippen LogP contribution in [0.15, 0.2) is 0 Å². The highest BCUT2D eigenvalue weighted by Crippen LogP contribution is 2.21. The number of hydroxylamine groups is 1. The number of nitrogens with zero attached hydrogens (tertiary/aromatic N) is 1. The largest absolute Gasteiger partial charge is 0.404 e. The van der Waals surface area contributed by atoms with Crippen molar-refractivity contribution in [1.29, 1.82) is 0 Å². The maximum absolute atomic E-state index is 11.7. The molecule has 1 saturated heterocycles. The minimum atomic E-state index is -4.72. The van der Waals surface area contributed by atoms with Crippen LogP contribution >= 0.6 is 0 Å². The molecule has 0 aromatic rings. The molecule has 1 aliphatic rings. The van der Waals surface area contributed by atoms with Gasteiger partial charge in [0.1, 0.15) is 0 Å². The van der Waals surface area contributed by atoms with E-state index in [0.717, 1.165) is 0 Å². The van der Waals surface area contributed by atoms with Gasteiger partial charge < -0.3 is 0 Å². The van der Waals surface area contributed by atoms with E-state index >= 15 is 0 Å². The third-order valence-corrected chi connectivity index (χ3v) is 2.98. The van der Waals surface area contributed by atoms with Crippen molar-refractivity contribution in [1.82, 2.24) is 4.47 Å². The molecule has 0 spiro atoms. The molecule has 0 radical (unpaired) electrons. The van der Waals surface area contributed by atoms with Crippen molar-refractivity contribution in [3.63, 3.8) is 0 Å². The van der Waals surface area contributed by atoms with Crippen LogP contribution in [0.2, 0.25) is 0 Å². The standard InChI is InChI=1S/C5H8F3NO3S/c6-5(7,8)4-13(10,11)9-2-1-3-12-9/h1-4H2. The summed E-state index contributed by atoms with van der Waals surface area (Å²) in [7, 11) is -4.33. The van der Waals surface area contributed by atoms with E-state index in [1.54, 1.807) is 0 Å². The fourth-order valence-corrected chi connectivity index (χ4v) is 2.12. The molecule has 0 bridgehead atoms. The zero-order chi connectivity index (χ0) is 10.1. The van der Waals surface area contributed by atoms with Gasteiger partial charge >= 0.3 is 6.18 Å². The van der Waals surface area contributed by atoms with E-state index in [0.29, 0.717) is 10.9 Å². The second kappa shape index (κ2) is 3.43. The van der Waals surface area contributed by atoms with E-state index in [1.807, 2.05) is 0 Å². The number of sulfonamides is 1. The quantitative estimate of drug-likeness (QED) is 0.680. The summed E-state index contributed by atoms with van der Waals surface area (Å²) in [4.78, 5) is 4.51. The monoisotopic (exact) mass is 219 g/mol. The van der Waals surface area contributed by atoms with E-state index in [1.165, 1.54) is 0 Å². The number of hydrogen-bond acceptors (Lipinski definition) is 3. The first-order valence-electron chi connectivity index (χ1n) is 3.51. The smallest absolute Gasteiger partial charge is 0.284 e. The molecule has 0 aliphatic carbocycles. The number of rotatable bonds is 2. The zero-order valence-electron chi connectivity index (χ0n) is 6.54. The van der Waals surface area contributed by atoms with Gasteiger partial charge in [-0.25, -0.2) is 8.42 Å². The van der Waals surface area contributed by atoms with Crippen LogP contribution in [0.5, 0.6) is 0 Å². The highest BCUT2D eigenvalue weighted by Gasteiger charge is 2.39. The Hall–Kier alpha value is -0.340. The molecule has 0 saturated carbocycles. The van der Waals surface area contributed by atoms with Gasteiger partial charge in [0.15, 0.2) is 5.75 Å². The predicted octanol–water partition coefficient (Wildman–Crippen LogP) is 0.516. The number of halogens is 3.